The summed E-state index contributed by atoms with van der Waals surface area (Å²) in [5.74, 6) is 0.538. The van der Waals surface area contributed by atoms with Crippen molar-refractivity contribution in [3.05, 3.63) is 94.6 Å². The average molecular weight is 528 g/mol. The Kier molecular flexibility index (Phi) is 8.44. The monoisotopic (exact) mass is 527 g/mol. The second-order valence-corrected chi connectivity index (χ2v) is 10.9. The number of hydrogen-bond donors (Lipinski definition) is 1. The second-order valence-electron chi connectivity index (χ2n) is 10.9. The van der Waals surface area contributed by atoms with Gasteiger partial charge in [-0.25, -0.2) is 0 Å². The lowest BCUT2D eigenvalue weighted by atomic mass is 9.92. The van der Waals surface area contributed by atoms with E-state index in [9.17, 15) is 14.7 Å². The molecule has 1 unspecified atom stereocenters. The van der Waals surface area contributed by atoms with Gasteiger partial charge in [-0.3, -0.25) is 14.5 Å². The summed E-state index contributed by atoms with van der Waals surface area (Å²) in [5.41, 5.74) is 3.58. The predicted octanol–water partition coefficient (Wildman–Crippen LogP) is 7.00. The molecule has 0 spiro atoms. The first-order chi connectivity index (χ1) is 18.6. The summed E-state index contributed by atoms with van der Waals surface area (Å²) >= 11 is 0. The molecule has 0 bridgehead atoms. The van der Waals surface area contributed by atoms with Crippen LogP contribution in [0.2, 0.25) is 0 Å². The van der Waals surface area contributed by atoms with Crippen LogP contribution in [0.15, 0.2) is 72.3 Å². The molecule has 1 heterocycles. The van der Waals surface area contributed by atoms with Gasteiger partial charge in [0.15, 0.2) is 0 Å². The first kappa shape index (κ1) is 28.0. The van der Waals surface area contributed by atoms with Crippen LogP contribution in [0.5, 0.6) is 11.5 Å². The summed E-state index contributed by atoms with van der Waals surface area (Å²) in [5, 5.41) is 11.5. The third-order valence-corrected chi connectivity index (χ3v) is 6.65. The Morgan fingerprint density at radius 1 is 0.846 bits per heavy atom. The zero-order valence-corrected chi connectivity index (χ0v) is 23.5. The maximum atomic E-state index is 13.5. The van der Waals surface area contributed by atoms with Crippen molar-refractivity contribution in [2.24, 2.45) is 11.8 Å². The molecular formula is C33H37NO5. The van der Waals surface area contributed by atoms with Crippen molar-refractivity contribution < 1.29 is 24.2 Å². The third-order valence-electron chi connectivity index (χ3n) is 6.65. The van der Waals surface area contributed by atoms with Gasteiger partial charge in [0.25, 0.3) is 11.7 Å². The minimum absolute atomic E-state index is 0.0599. The fraction of sp³-hybridized carbons (Fsp3) is 0.333. The van der Waals surface area contributed by atoms with E-state index in [1.807, 2.05) is 38.1 Å². The van der Waals surface area contributed by atoms with E-state index in [2.05, 4.69) is 27.7 Å². The van der Waals surface area contributed by atoms with Gasteiger partial charge in [-0.2, -0.15) is 0 Å². The Morgan fingerprint density at radius 3 is 2.10 bits per heavy atom. The quantitative estimate of drug-likeness (QED) is 0.184. The van der Waals surface area contributed by atoms with Crippen LogP contribution < -0.4 is 14.4 Å². The van der Waals surface area contributed by atoms with Crippen LogP contribution in [-0.2, 0) is 9.59 Å². The molecule has 4 rings (SSSR count). The number of anilines is 1. The highest BCUT2D eigenvalue weighted by Crippen LogP contribution is 2.43. The van der Waals surface area contributed by atoms with Crippen molar-refractivity contribution in [3.8, 4) is 11.5 Å². The minimum Gasteiger partial charge on any atom is -0.507 e. The smallest absolute Gasteiger partial charge is 0.300 e. The highest BCUT2D eigenvalue weighted by atomic mass is 16.5. The van der Waals surface area contributed by atoms with Gasteiger partial charge in [-0.15, -0.1) is 0 Å². The number of rotatable bonds is 9. The minimum atomic E-state index is -0.786. The van der Waals surface area contributed by atoms with Gasteiger partial charge in [0.1, 0.15) is 17.3 Å². The van der Waals surface area contributed by atoms with Crippen LogP contribution >= 0.6 is 0 Å². The molecule has 6 heteroatoms. The number of carbonyl (C=O) groups excluding carboxylic acids is 2. The summed E-state index contributed by atoms with van der Waals surface area (Å²) in [6, 6.07) is 19.3. The number of ketones is 1. The van der Waals surface area contributed by atoms with Gasteiger partial charge >= 0.3 is 0 Å². The van der Waals surface area contributed by atoms with E-state index in [1.165, 1.54) is 4.90 Å². The molecule has 1 N–H and O–H groups in total. The Bertz CT molecular complexity index is 1390. The second kappa shape index (κ2) is 11.8. The lowest BCUT2D eigenvalue weighted by molar-refractivity contribution is -0.132. The number of carbonyl (C=O) groups is 2. The number of amides is 1. The fourth-order valence-corrected chi connectivity index (χ4v) is 4.62. The highest BCUT2D eigenvalue weighted by Gasteiger charge is 2.47. The number of Topliss-reactive ketones (excluding diaryl/α,β-unsaturated/α-hetero) is 1. The number of nitrogens with zero attached hydrogens (tertiary/aromatic N) is 1. The molecule has 39 heavy (non-hydrogen) atoms. The maximum absolute atomic E-state index is 13.5. The predicted molar refractivity (Wildman–Crippen MR) is 154 cm³/mol. The van der Waals surface area contributed by atoms with Crippen molar-refractivity contribution in [1.29, 1.82) is 0 Å². The SMILES string of the molecule is Cc1cc(/C(O)=C2\C(=O)C(=O)N(c3ccc(OCC(C)C)cc3)C2c2ccccc2C)ccc1OCC(C)C. The Morgan fingerprint density at radius 2 is 1.49 bits per heavy atom. The molecule has 1 saturated heterocycles. The van der Waals surface area contributed by atoms with Crippen LogP contribution in [0.1, 0.15) is 56.0 Å². The van der Waals surface area contributed by atoms with Crippen LogP contribution in [0.25, 0.3) is 5.76 Å². The molecule has 1 aliphatic heterocycles. The number of hydrogen-bond acceptors (Lipinski definition) is 5. The molecule has 6 nitrogen and oxygen atoms in total. The molecule has 1 atom stereocenters. The van der Waals surface area contributed by atoms with Gasteiger partial charge in [-0.1, -0.05) is 52.0 Å². The molecule has 1 amide bonds. The van der Waals surface area contributed by atoms with Crippen molar-refractivity contribution in [1.82, 2.24) is 0 Å². The van der Waals surface area contributed by atoms with E-state index < -0.39 is 17.7 Å². The molecule has 1 aliphatic rings. The first-order valence-corrected chi connectivity index (χ1v) is 13.4. The topological polar surface area (TPSA) is 76.1 Å². The van der Waals surface area contributed by atoms with Crippen LogP contribution in [0, 0.1) is 25.7 Å². The maximum Gasteiger partial charge on any atom is 0.300 e. The van der Waals surface area contributed by atoms with E-state index in [1.54, 1.807) is 42.5 Å². The van der Waals surface area contributed by atoms with Gasteiger partial charge in [0.2, 0.25) is 0 Å². The molecule has 0 radical (unpaired) electrons. The Hall–Kier alpha value is -4.06. The Balaban J connectivity index is 1.79. The molecule has 3 aromatic rings. The molecule has 0 saturated carbocycles. The Labute approximate surface area is 230 Å². The number of aliphatic hydroxyl groups is 1. The third kappa shape index (κ3) is 6.00. The number of benzene rings is 3. The van der Waals surface area contributed by atoms with Crippen molar-refractivity contribution in [2.45, 2.75) is 47.6 Å². The van der Waals surface area contributed by atoms with Crippen LogP contribution in [-0.4, -0.2) is 30.0 Å². The zero-order chi connectivity index (χ0) is 28.3. The van der Waals surface area contributed by atoms with Crippen LogP contribution in [0.4, 0.5) is 5.69 Å². The van der Waals surface area contributed by atoms with Gasteiger partial charge in [0.05, 0.1) is 24.8 Å². The van der Waals surface area contributed by atoms with E-state index in [0.29, 0.717) is 42.0 Å². The van der Waals surface area contributed by atoms with E-state index >= 15 is 0 Å². The summed E-state index contributed by atoms with van der Waals surface area (Å²) < 4.78 is 11.7. The normalized spacial score (nSPS) is 16.8. The molecule has 204 valence electrons. The molecular weight excluding hydrogens is 490 g/mol. The number of aliphatic hydroxyl groups excluding tert-OH is 1. The highest BCUT2D eigenvalue weighted by molar-refractivity contribution is 6.51. The van der Waals surface area contributed by atoms with Crippen molar-refractivity contribution in [3.63, 3.8) is 0 Å². The van der Waals surface area contributed by atoms with E-state index in [4.69, 9.17) is 9.47 Å². The van der Waals surface area contributed by atoms with Gasteiger partial charge in [-0.05, 0) is 84.8 Å². The summed E-state index contributed by atoms with van der Waals surface area (Å²) in [6.45, 7) is 13.3. The van der Waals surface area contributed by atoms with E-state index in [-0.39, 0.29) is 11.3 Å². The molecule has 0 aliphatic carbocycles. The summed E-state index contributed by atoms with van der Waals surface area (Å²) in [4.78, 5) is 28.5. The summed E-state index contributed by atoms with van der Waals surface area (Å²) in [7, 11) is 0. The average Bonchev–Trinajstić information content (AvgIpc) is 3.16. The van der Waals surface area contributed by atoms with Gasteiger partial charge < -0.3 is 14.6 Å². The largest absolute Gasteiger partial charge is 0.507 e. The van der Waals surface area contributed by atoms with Crippen LogP contribution in [0.3, 0.4) is 0 Å². The van der Waals surface area contributed by atoms with Gasteiger partial charge in [0, 0.05) is 11.3 Å². The van der Waals surface area contributed by atoms with E-state index in [0.717, 1.165) is 22.4 Å². The van der Waals surface area contributed by atoms with Crippen molar-refractivity contribution >= 4 is 23.1 Å². The van der Waals surface area contributed by atoms with Crippen molar-refractivity contribution in [2.75, 3.05) is 18.1 Å². The fourth-order valence-electron chi connectivity index (χ4n) is 4.62. The number of aryl methyl sites for hydroxylation is 2. The zero-order valence-electron chi connectivity index (χ0n) is 23.5. The molecule has 0 aromatic heterocycles. The summed E-state index contributed by atoms with van der Waals surface area (Å²) in [6.07, 6.45) is 0. The molecule has 1 fully saturated rings. The lowest BCUT2D eigenvalue weighted by Gasteiger charge is -2.27. The lowest BCUT2D eigenvalue weighted by Crippen LogP contribution is -2.29. The first-order valence-electron chi connectivity index (χ1n) is 13.4. The number of ether oxygens (including phenoxy) is 2. The standard InChI is InChI=1S/C33H37NO5/c1-20(2)18-38-26-14-12-25(13-15-26)34-30(27-10-8-7-9-22(27)5)29(32(36)33(34)37)31(35)24-11-16-28(23(6)17-24)39-19-21(3)4/h7-17,20-21,30,35H,18-19H2,1-6H3/b31-29+. The molecule has 3 aromatic carbocycles.